The van der Waals surface area contributed by atoms with Crippen molar-refractivity contribution in [3.8, 4) is 11.5 Å². The first-order chi connectivity index (χ1) is 13.5. The topological polar surface area (TPSA) is 30.9 Å². The molecule has 0 spiro atoms. The second-order valence-electron chi connectivity index (χ2n) is 8.69. The molecule has 1 aromatic rings. The van der Waals surface area contributed by atoms with Gasteiger partial charge in [-0.15, -0.1) is 0 Å². The molecule has 2 unspecified atom stereocenters. The molecule has 0 radical (unpaired) electrons. The van der Waals surface area contributed by atoms with Gasteiger partial charge in [-0.2, -0.15) is 13.2 Å². The molecule has 2 heterocycles. The molecule has 29 heavy (non-hydrogen) atoms. The van der Waals surface area contributed by atoms with Gasteiger partial charge in [0.25, 0.3) is 0 Å². The SMILES string of the molecule is COc1cc2c(c(Br)c1OCCC(F)(F)F)CCN1CC(OC(C)(C)C)CCC21. The maximum absolute atomic E-state index is 12.5. The molecule has 1 saturated heterocycles. The first-order valence-electron chi connectivity index (χ1n) is 9.99. The fourth-order valence-electron chi connectivity index (χ4n) is 4.23. The van der Waals surface area contributed by atoms with Crippen molar-refractivity contribution in [1.29, 1.82) is 0 Å². The lowest BCUT2D eigenvalue weighted by atomic mass is 9.85. The number of halogens is 4. The third-order valence-electron chi connectivity index (χ3n) is 5.34. The highest BCUT2D eigenvalue weighted by Crippen LogP contribution is 2.47. The van der Waals surface area contributed by atoms with Gasteiger partial charge < -0.3 is 14.2 Å². The van der Waals surface area contributed by atoms with E-state index in [1.165, 1.54) is 7.11 Å². The van der Waals surface area contributed by atoms with Gasteiger partial charge in [-0.3, -0.25) is 4.90 Å². The van der Waals surface area contributed by atoms with E-state index < -0.39 is 19.2 Å². The number of ether oxygens (including phenoxy) is 3. The molecule has 2 aliphatic rings. The lowest BCUT2D eigenvalue weighted by Gasteiger charge is -2.45. The number of fused-ring (bicyclic) bond motifs is 3. The van der Waals surface area contributed by atoms with Crippen molar-refractivity contribution in [1.82, 2.24) is 4.90 Å². The molecule has 0 saturated carbocycles. The van der Waals surface area contributed by atoms with Crippen LogP contribution in [0.5, 0.6) is 11.5 Å². The highest BCUT2D eigenvalue weighted by molar-refractivity contribution is 9.10. The van der Waals surface area contributed by atoms with Crippen LogP contribution in [-0.4, -0.2) is 49.6 Å². The fraction of sp³-hybridized carbons (Fsp3) is 0.714. The third kappa shape index (κ3) is 5.58. The first-order valence-corrected chi connectivity index (χ1v) is 10.8. The van der Waals surface area contributed by atoms with Crippen molar-refractivity contribution in [2.45, 2.75) is 70.4 Å². The summed E-state index contributed by atoms with van der Waals surface area (Å²) in [6.07, 6.45) is -2.29. The van der Waals surface area contributed by atoms with Crippen molar-refractivity contribution in [2.75, 3.05) is 26.8 Å². The van der Waals surface area contributed by atoms with E-state index in [-0.39, 0.29) is 17.7 Å². The lowest BCUT2D eigenvalue weighted by Crippen LogP contribution is -2.47. The van der Waals surface area contributed by atoms with Crippen molar-refractivity contribution in [3.63, 3.8) is 0 Å². The zero-order valence-corrected chi connectivity index (χ0v) is 19.0. The number of nitrogens with zero attached hydrogens (tertiary/aromatic N) is 1. The number of hydrogen-bond acceptors (Lipinski definition) is 4. The molecule has 0 aromatic heterocycles. The number of methoxy groups -OCH3 is 1. The number of piperidine rings is 1. The van der Waals surface area contributed by atoms with E-state index >= 15 is 0 Å². The summed E-state index contributed by atoms with van der Waals surface area (Å²) < 4.78 is 55.3. The van der Waals surface area contributed by atoms with E-state index in [1.54, 1.807) is 0 Å². The van der Waals surface area contributed by atoms with Crippen molar-refractivity contribution < 1.29 is 27.4 Å². The normalized spacial score (nSPS) is 22.8. The van der Waals surface area contributed by atoms with Crippen LogP contribution in [-0.2, 0) is 11.2 Å². The minimum absolute atomic E-state index is 0.167. The predicted octanol–water partition coefficient (Wildman–Crippen LogP) is 5.67. The van der Waals surface area contributed by atoms with Crippen LogP contribution in [0, 0.1) is 0 Å². The van der Waals surface area contributed by atoms with Gasteiger partial charge in [0.1, 0.15) is 0 Å². The fourth-order valence-corrected chi connectivity index (χ4v) is 4.97. The van der Waals surface area contributed by atoms with Crippen LogP contribution < -0.4 is 9.47 Å². The second kappa shape index (κ2) is 8.63. The van der Waals surface area contributed by atoms with E-state index in [0.717, 1.165) is 43.5 Å². The molecule has 4 nitrogen and oxygen atoms in total. The van der Waals surface area contributed by atoms with Gasteiger partial charge in [0.2, 0.25) is 0 Å². The highest BCUT2D eigenvalue weighted by Gasteiger charge is 2.37. The summed E-state index contributed by atoms with van der Waals surface area (Å²) in [7, 11) is 1.51. The molecule has 8 heteroatoms. The number of hydrogen-bond donors (Lipinski definition) is 0. The Bertz CT molecular complexity index is 733. The zero-order valence-electron chi connectivity index (χ0n) is 17.4. The van der Waals surface area contributed by atoms with Crippen molar-refractivity contribution >= 4 is 15.9 Å². The van der Waals surface area contributed by atoms with Crippen LogP contribution in [0.1, 0.15) is 57.2 Å². The molecule has 2 atom stereocenters. The molecule has 0 bridgehead atoms. The molecule has 1 aromatic carbocycles. The molecular weight excluding hydrogens is 451 g/mol. The predicted molar refractivity (Wildman–Crippen MR) is 109 cm³/mol. The van der Waals surface area contributed by atoms with Gasteiger partial charge in [-0.25, -0.2) is 0 Å². The van der Waals surface area contributed by atoms with Crippen LogP contribution >= 0.6 is 15.9 Å². The third-order valence-corrected chi connectivity index (χ3v) is 6.18. The first kappa shape index (κ1) is 22.7. The molecule has 0 N–H and O–H groups in total. The number of rotatable bonds is 5. The van der Waals surface area contributed by atoms with Crippen LogP contribution in [0.25, 0.3) is 0 Å². The molecule has 1 fully saturated rings. The van der Waals surface area contributed by atoms with Gasteiger partial charge >= 0.3 is 6.18 Å². The Morgan fingerprint density at radius 1 is 1.21 bits per heavy atom. The van der Waals surface area contributed by atoms with E-state index in [4.69, 9.17) is 14.2 Å². The second-order valence-corrected chi connectivity index (χ2v) is 9.49. The van der Waals surface area contributed by atoms with Crippen LogP contribution in [0.3, 0.4) is 0 Å². The Morgan fingerprint density at radius 3 is 2.55 bits per heavy atom. The number of alkyl halides is 3. The minimum atomic E-state index is -4.25. The van der Waals surface area contributed by atoms with E-state index in [2.05, 4.69) is 41.6 Å². The molecule has 0 amide bonds. The van der Waals surface area contributed by atoms with Crippen LogP contribution in [0.15, 0.2) is 10.5 Å². The summed E-state index contributed by atoms with van der Waals surface area (Å²) in [6, 6.07) is 2.19. The zero-order chi connectivity index (χ0) is 21.4. The van der Waals surface area contributed by atoms with Gasteiger partial charge in [0.05, 0.1) is 36.3 Å². The summed E-state index contributed by atoms with van der Waals surface area (Å²) in [5.41, 5.74) is 2.10. The van der Waals surface area contributed by atoms with E-state index in [0.29, 0.717) is 16.0 Å². The lowest BCUT2D eigenvalue weighted by molar-refractivity contribution is -0.139. The summed E-state index contributed by atoms with van der Waals surface area (Å²) in [5, 5.41) is 0. The summed E-state index contributed by atoms with van der Waals surface area (Å²) in [5.74, 6) is 0.821. The summed E-state index contributed by atoms with van der Waals surface area (Å²) >= 11 is 3.58. The molecule has 2 aliphatic heterocycles. The van der Waals surface area contributed by atoms with Gasteiger partial charge in [-0.05, 0) is 73.2 Å². The van der Waals surface area contributed by atoms with Crippen LogP contribution in [0.2, 0.25) is 0 Å². The minimum Gasteiger partial charge on any atom is -0.493 e. The average molecular weight is 480 g/mol. The highest BCUT2D eigenvalue weighted by atomic mass is 79.9. The monoisotopic (exact) mass is 479 g/mol. The van der Waals surface area contributed by atoms with Crippen molar-refractivity contribution in [3.05, 3.63) is 21.7 Å². The Labute approximate surface area is 178 Å². The van der Waals surface area contributed by atoms with Gasteiger partial charge in [0, 0.05) is 19.1 Å². The molecule has 3 rings (SSSR count). The summed E-state index contributed by atoms with van der Waals surface area (Å²) in [4.78, 5) is 2.44. The summed E-state index contributed by atoms with van der Waals surface area (Å²) in [6.45, 7) is 7.56. The largest absolute Gasteiger partial charge is 0.493 e. The molecule has 0 aliphatic carbocycles. The smallest absolute Gasteiger partial charge is 0.392 e. The Morgan fingerprint density at radius 2 is 1.93 bits per heavy atom. The molecule has 164 valence electrons. The standard InChI is InChI=1S/C21H29BrF3NO3/c1-20(2,3)29-13-5-6-16-15-11-17(27-4)19(28-10-8-21(23,24)25)18(22)14(15)7-9-26(16)12-13/h11,13,16H,5-10,12H2,1-4H3. The maximum Gasteiger partial charge on any atom is 0.392 e. The number of benzene rings is 1. The van der Waals surface area contributed by atoms with Crippen LogP contribution in [0.4, 0.5) is 13.2 Å². The molecular formula is C21H29BrF3NO3. The Kier molecular flexibility index (Phi) is 6.75. The Hall–Kier alpha value is -0.990. The quantitative estimate of drug-likeness (QED) is 0.544. The average Bonchev–Trinajstić information content (AvgIpc) is 2.60. The van der Waals surface area contributed by atoms with Gasteiger partial charge in [0.15, 0.2) is 11.5 Å². The van der Waals surface area contributed by atoms with Crippen molar-refractivity contribution in [2.24, 2.45) is 0 Å². The van der Waals surface area contributed by atoms with E-state index in [1.807, 2.05) is 6.07 Å². The Balaban J connectivity index is 1.80. The van der Waals surface area contributed by atoms with E-state index in [9.17, 15) is 13.2 Å². The maximum atomic E-state index is 12.5. The van der Waals surface area contributed by atoms with Gasteiger partial charge in [-0.1, -0.05) is 0 Å².